The van der Waals surface area contributed by atoms with Gasteiger partial charge in [0.05, 0.1) is 6.20 Å². The van der Waals surface area contributed by atoms with Crippen molar-refractivity contribution in [2.45, 2.75) is 13.0 Å². The monoisotopic (exact) mass is 337 g/mol. The van der Waals surface area contributed by atoms with Crippen molar-refractivity contribution in [3.05, 3.63) is 65.7 Å². The average molecular weight is 337 g/mol. The molecule has 4 nitrogen and oxygen atoms in total. The Bertz CT molecular complexity index is 863. The van der Waals surface area contributed by atoms with Crippen LogP contribution in [0.15, 0.2) is 60.8 Å². The Morgan fingerprint density at radius 1 is 1.00 bits per heavy atom. The number of nitrogens with zero attached hydrogens (tertiary/aromatic N) is 1. The van der Waals surface area contributed by atoms with Crippen LogP contribution < -0.4 is 9.47 Å². The molecule has 120 valence electrons. The summed E-state index contributed by atoms with van der Waals surface area (Å²) >= 11 is 1.32. The minimum Gasteiger partial charge on any atom is -0.457 e. The van der Waals surface area contributed by atoms with Gasteiger partial charge in [0.1, 0.15) is 28.2 Å². The van der Waals surface area contributed by atoms with Crippen molar-refractivity contribution in [1.82, 2.24) is 4.98 Å². The van der Waals surface area contributed by atoms with E-state index in [1.807, 2.05) is 48.5 Å². The van der Waals surface area contributed by atoms with Gasteiger partial charge in [0.2, 0.25) is 0 Å². The van der Waals surface area contributed by atoms with Gasteiger partial charge in [-0.2, -0.15) is 0 Å². The standard InChI is InChI=1S/C19H15NO3S/c1-14(21)10-11-18-13-20-19(24-18)23-17-9-5-8-16(12-17)22-15-6-3-2-4-7-15/h2-9,12-14,21H,1H3. The second kappa shape index (κ2) is 7.64. The molecule has 3 rings (SSSR count). The van der Waals surface area contributed by atoms with Gasteiger partial charge in [-0.25, -0.2) is 4.98 Å². The van der Waals surface area contributed by atoms with Crippen LogP contribution in [0.25, 0.3) is 0 Å². The largest absolute Gasteiger partial charge is 0.457 e. The first kappa shape index (κ1) is 16.1. The molecule has 0 bridgehead atoms. The Morgan fingerprint density at radius 2 is 1.71 bits per heavy atom. The van der Waals surface area contributed by atoms with Gasteiger partial charge in [-0.05, 0) is 31.2 Å². The first-order valence-electron chi connectivity index (χ1n) is 7.35. The lowest BCUT2D eigenvalue weighted by Crippen LogP contribution is -1.91. The number of aromatic nitrogens is 1. The number of rotatable bonds is 4. The number of para-hydroxylation sites is 1. The second-order valence-corrected chi connectivity index (χ2v) is 5.92. The number of thiazole rings is 1. The zero-order valence-electron chi connectivity index (χ0n) is 13.0. The molecular weight excluding hydrogens is 322 g/mol. The van der Waals surface area contributed by atoms with Crippen molar-refractivity contribution in [2.24, 2.45) is 0 Å². The van der Waals surface area contributed by atoms with Gasteiger partial charge in [-0.15, -0.1) is 0 Å². The topological polar surface area (TPSA) is 51.6 Å². The van der Waals surface area contributed by atoms with Crippen LogP contribution in [-0.2, 0) is 0 Å². The molecule has 1 N–H and O–H groups in total. The summed E-state index contributed by atoms with van der Waals surface area (Å²) in [4.78, 5) is 4.91. The number of hydrogen-bond donors (Lipinski definition) is 1. The smallest absolute Gasteiger partial charge is 0.279 e. The summed E-state index contributed by atoms with van der Waals surface area (Å²) in [6, 6.07) is 16.9. The molecule has 0 aliphatic rings. The van der Waals surface area contributed by atoms with Gasteiger partial charge < -0.3 is 14.6 Å². The highest BCUT2D eigenvalue weighted by Crippen LogP contribution is 2.30. The number of ether oxygens (including phenoxy) is 2. The molecule has 0 saturated heterocycles. The zero-order valence-corrected chi connectivity index (χ0v) is 13.8. The predicted octanol–water partition coefficient (Wildman–Crippen LogP) is 4.46. The van der Waals surface area contributed by atoms with Crippen LogP contribution in [0.4, 0.5) is 0 Å². The molecule has 1 unspecified atom stereocenters. The lowest BCUT2D eigenvalue weighted by Gasteiger charge is -2.07. The molecule has 5 heteroatoms. The molecule has 1 heterocycles. The minimum atomic E-state index is -0.664. The first-order chi connectivity index (χ1) is 11.7. The summed E-state index contributed by atoms with van der Waals surface area (Å²) in [5.74, 6) is 7.60. The third-order valence-corrected chi connectivity index (χ3v) is 3.67. The van der Waals surface area contributed by atoms with E-state index in [-0.39, 0.29) is 0 Å². The normalized spacial score (nSPS) is 11.2. The highest BCUT2D eigenvalue weighted by molar-refractivity contribution is 7.13. The summed E-state index contributed by atoms with van der Waals surface area (Å²) in [5.41, 5.74) is 0. The van der Waals surface area contributed by atoms with Crippen LogP contribution in [0.3, 0.4) is 0 Å². The summed E-state index contributed by atoms with van der Waals surface area (Å²) < 4.78 is 11.5. The second-order valence-electron chi connectivity index (χ2n) is 4.93. The van der Waals surface area contributed by atoms with Crippen LogP contribution >= 0.6 is 11.3 Å². The number of aliphatic hydroxyl groups excluding tert-OH is 1. The molecule has 1 atom stereocenters. The maximum atomic E-state index is 9.17. The van der Waals surface area contributed by atoms with Crippen molar-refractivity contribution < 1.29 is 14.6 Å². The van der Waals surface area contributed by atoms with Gasteiger partial charge in [0.15, 0.2) is 0 Å². The third-order valence-electron chi connectivity index (χ3n) is 2.88. The zero-order chi connectivity index (χ0) is 16.8. The highest BCUT2D eigenvalue weighted by atomic mass is 32.1. The Labute approximate surface area is 144 Å². The molecule has 2 aromatic carbocycles. The van der Waals surface area contributed by atoms with E-state index in [0.717, 1.165) is 10.6 Å². The molecule has 0 fully saturated rings. The Kier molecular flexibility index (Phi) is 5.12. The molecule has 0 spiro atoms. The van der Waals surface area contributed by atoms with Crippen molar-refractivity contribution in [1.29, 1.82) is 0 Å². The van der Waals surface area contributed by atoms with Crippen LogP contribution in [0.2, 0.25) is 0 Å². The fourth-order valence-corrected chi connectivity index (χ4v) is 2.51. The number of aliphatic hydroxyl groups is 1. The van der Waals surface area contributed by atoms with Crippen LogP contribution in [0.5, 0.6) is 22.4 Å². The molecule has 0 saturated carbocycles. The van der Waals surface area contributed by atoms with Crippen molar-refractivity contribution in [2.75, 3.05) is 0 Å². The van der Waals surface area contributed by atoms with E-state index in [4.69, 9.17) is 9.47 Å². The molecule has 0 radical (unpaired) electrons. The fraction of sp³-hybridized carbons (Fsp3) is 0.105. The van der Waals surface area contributed by atoms with E-state index in [1.54, 1.807) is 19.2 Å². The van der Waals surface area contributed by atoms with Crippen LogP contribution in [-0.4, -0.2) is 16.2 Å². The summed E-state index contributed by atoms with van der Waals surface area (Å²) in [6.45, 7) is 1.61. The van der Waals surface area contributed by atoms with E-state index < -0.39 is 6.10 Å². The van der Waals surface area contributed by atoms with Crippen LogP contribution in [0, 0.1) is 11.8 Å². The van der Waals surface area contributed by atoms with Gasteiger partial charge >= 0.3 is 0 Å². The maximum absolute atomic E-state index is 9.17. The Balaban J connectivity index is 1.70. The first-order valence-corrected chi connectivity index (χ1v) is 8.17. The third kappa shape index (κ3) is 4.59. The lowest BCUT2D eigenvalue weighted by molar-refractivity contribution is 0.253. The maximum Gasteiger partial charge on any atom is 0.279 e. The van der Waals surface area contributed by atoms with Gasteiger partial charge in [-0.1, -0.05) is 47.4 Å². The fourth-order valence-electron chi connectivity index (χ4n) is 1.87. The van der Waals surface area contributed by atoms with E-state index in [0.29, 0.717) is 16.7 Å². The highest BCUT2D eigenvalue weighted by Gasteiger charge is 2.05. The van der Waals surface area contributed by atoms with Crippen molar-refractivity contribution >= 4 is 11.3 Å². The van der Waals surface area contributed by atoms with E-state index in [2.05, 4.69) is 16.8 Å². The molecule has 1 aromatic heterocycles. The quantitative estimate of drug-likeness (QED) is 0.714. The van der Waals surface area contributed by atoms with Crippen molar-refractivity contribution in [3.63, 3.8) is 0 Å². The molecule has 24 heavy (non-hydrogen) atoms. The van der Waals surface area contributed by atoms with E-state index in [9.17, 15) is 5.11 Å². The van der Waals surface area contributed by atoms with Gasteiger partial charge in [-0.3, -0.25) is 0 Å². The number of hydrogen-bond acceptors (Lipinski definition) is 5. The number of benzene rings is 2. The average Bonchev–Trinajstić information content (AvgIpc) is 3.02. The summed E-state index contributed by atoms with van der Waals surface area (Å²) in [5, 5.41) is 9.66. The Hall–Kier alpha value is -2.81. The minimum absolute atomic E-state index is 0.488. The molecular formula is C19H15NO3S. The van der Waals surface area contributed by atoms with E-state index >= 15 is 0 Å². The summed E-state index contributed by atoms with van der Waals surface area (Å²) in [7, 11) is 0. The molecule has 0 amide bonds. The molecule has 0 aliphatic heterocycles. The van der Waals surface area contributed by atoms with Gasteiger partial charge in [0.25, 0.3) is 5.19 Å². The van der Waals surface area contributed by atoms with Crippen LogP contribution in [0.1, 0.15) is 11.8 Å². The van der Waals surface area contributed by atoms with Gasteiger partial charge in [0, 0.05) is 6.07 Å². The lowest BCUT2D eigenvalue weighted by atomic mass is 10.3. The summed E-state index contributed by atoms with van der Waals surface area (Å²) in [6.07, 6.45) is 0.961. The predicted molar refractivity (Wildman–Crippen MR) is 93.7 cm³/mol. The van der Waals surface area contributed by atoms with Crippen molar-refractivity contribution in [3.8, 4) is 34.3 Å². The SMILES string of the molecule is CC(O)C#Cc1cnc(Oc2cccc(Oc3ccccc3)c2)s1. The molecule has 3 aromatic rings. The Morgan fingerprint density at radius 3 is 2.46 bits per heavy atom. The molecule has 0 aliphatic carbocycles. The van der Waals surface area contributed by atoms with E-state index in [1.165, 1.54) is 11.3 Å².